The second-order valence-electron chi connectivity index (χ2n) is 16.2. The summed E-state index contributed by atoms with van der Waals surface area (Å²) in [5, 5.41) is 7.48. The largest absolute Gasteiger partial charge is 0.468 e. The van der Waals surface area contributed by atoms with Gasteiger partial charge in [-0.1, -0.05) is 173 Å². The monoisotopic (exact) mass is 735 g/mol. The summed E-state index contributed by atoms with van der Waals surface area (Å²) in [6.45, 7) is 14.1. The molecule has 3 aliphatic carbocycles. The van der Waals surface area contributed by atoms with Crippen LogP contribution in [0.1, 0.15) is 19.4 Å². The molecule has 0 spiro atoms. The molecule has 276 valence electrons. The molecule has 4 atom stereocenters. The lowest BCUT2D eigenvalue weighted by Gasteiger charge is -2.40. The maximum absolute atomic E-state index is 7.12. The molecule has 0 radical (unpaired) electrons. The molecule has 4 unspecified atom stereocenters. The Morgan fingerprint density at radius 1 is 0.667 bits per heavy atom. The maximum atomic E-state index is 7.12. The van der Waals surface area contributed by atoms with Gasteiger partial charge in [-0.15, -0.1) is 0 Å². The summed E-state index contributed by atoms with van der Waals surface area (Å²) in [5.41, 5.74) is 8.85. The fourth-order valence-corrected chi connectivity index (χ4v) is 10.2. The van der Waals surface area contributed by atoms with Gasteiger partial charge in [0.05, 0.1) is 11.9 Å². The minimum Gasteiger partial charge on any atom is -0.468 e. The van der Waals surface area contributed by atoms with Gasteiger partial charge in [0.2, 0.25) is 0 Å². The Bertz CT molecular complexity index is 2850. The molecule has 1 aliphatic heterocycles. The normalized spacial score (nSPS) is 23.2. The molecule has 0 bridgehead atoms. The maximum Gasteiger partial charge on any atom is 0.111 e. The summed E-state index contributed by atoms with van der Waals surface area (Å²) in [5.74, 6) is 1.45. The summed E-state index contributed by atoms with van der Waals surface area (Å²) in [6, 6.07) is 45.6. The molecule has 4 aliphatic rings. The van der Waals surface area contributed by atoms with Crippen LogP contribution in [-0.4, -0.2) is 0 Å². The molecule has 0 aromatic heterocycles. The fraction of sp³-hybridized carbons (Fsp3) is 0.127. The molecule has 0 fully saturated rings. The van der Waals surface area contributed by atoms with E-state index in [1.807, 2.05) is 12.3 Å². The van der Waals surface area contributed by atoms with Crippen LogP contribution in [0, 0.1) is 29.1 Å². The topological polar surface area (TPSA) is 12.5 Å². The van der Waals surface area contributed by atoms with Crippen LogP contribution >= 0.6 is 0 Å². The standard InChI is InChI=1S/C55H45NO/c1-5-40(56(41-22-7-6-8-23-41)51-32-17-21-37-19-9-12-26-44(37)51)33-39-35-57-54-49-31-18-30-48(50-34-38-20-10-11-25-43(38)45-27-14-15-28-46(45)50)52(49)55(3,4)53(54)47-29-16-13-24-42(47)36(39)2/h5-35,42,47,49,52H,1-2H2,3-4H3/b39-35-,40-33+. The number of ether oxygens (including phenoxy) is 1. The van der Waals surface area contributed by atoms with Gasteiger partial charge in [0.25, 0.3) is 0 Å². The van der Waals surface area contributed by atoms with E-state index in [0.29, 0.717) is 0 Å². The van der Waals surface area contributed by atoms with Crippen LogP contribution in [-0.2, 0) is 4.74 Å². The Kier molecular flexibility index (Phi) is 8.45. The molecule has 6 aromatic carbocycles. The van der Waals surface area contributed by atoms with Gasteiger partial charge in [-0.05, 0) is 91.0 Å². The fourth-order valence-electron chi connectivity index (χ4n) is 10.2. The second kappa shape index (κ2) is 13.8. The minimum absolute atomic E-state index is 0.0533. The number of rotatable bonds is 6. The van der Waals surface area contributed by atoms with Crippen molar-refractivity contribution >= 4 is 49.3 Å². The van der Waals surface area contributed by atoms with E-state index < -0.39 is 0 Å². The highest BCUT2D eigenvalue weighted by molar-refractivity contribution is 6.12. The van der Waals surface area contributed by atoms with E-state index in [9.17, 15) is 0 Å². The number of fused-ring (bicyclic) bond motifs is 8. The molecule has 10 rings (SSSR count). The van der Waals surface area contributed by atoms with Gasteiger partial charge in [0.1, 0.15) is 5.76 Å². The number of benzene rings is 6. The Labute approximate surface area is 335 Å². The smallest absolute Gasteiger partial charge is 0.111 e. The Balaban J connectivity index is 1.11. The first kappa shape index (κ1) is 34.8. The van der Waals surface area contributed by atoms with E-state index in [-0.39, 0.29) is 29.1 Å². The van der Waals surface area contributed by atoms with E-state index in [0.717, 1.165) is 34.0 Å². The number of para-hydroxylation sites is 1. The predicted molar refractivity (Wildman–Crippen MR) is 241 cm³/mol. The lowest BCUT2D eigenvalue weighted by Crippen LogP contribution is -2.31. The highest BCUT2D eigenvalue weighted by Crippen LogP contribution is 2.62. The molecule has 57 heavy (non-hydrogen) atoms. The van der Waals surface area contributed by atoms with Crippen molar-refractivity contribution in [3.05, 3.63) is 235 Å². The first-order valence-electron chi connectivity index (χ1n) is 20.1. The molecule has 6 aromatic rings. The van der Waals surface area contributed by atoms with Gasteiger partial charge < -0.3 is 9.64 Å². The summed E-state index contributed by atoms with van der Waals surface area (Å²) >= 11 is 0. The van der Waals surface area contributed by atoms with Crippen LogP contribution in [0.5, 0.6) is 0 Å². The minimum atomic E-state index is -0.214. The first-order chi connectivity index (χ1) is 27.9. The third-order valence-electron chi connectivity index (χ3n) is 12.8. The Hall–Kier alpha value is -6.64. The van der Waals surface area contributed by atoms with Crippen molar-refractivity contribution < 1.29 is 4.74 Å². The zero-order valence-electron chi connectivity index (χ0n) is 32.5. The third-order valence-corrected chi connectivity index (χ3v) is 12.8. The van der Waals surface area contributed by atoms with E-state index >= 15 is 0 Å². The van der Waals surface area contributed by atoms with Crippen LogP contribution in [0.3, 0.4) is 0 Å². The molecule has 0 saturated carbocycles. The number of nitrogens with zero attached hydrogens (tertiary/aromatic N) is 1. The Morgan fingerprint density at radius 3 is 2.11 bits per heavy atom. The molecule has 0 amide bonds. The second-order valence-corrected chi connectivity index (χ2v) is 16.2. The van der Waals surface area contributed by atoms with Crippen LogP contribution < -0.4 is 4.90 Å². The zero-order chi connectivity index (χ0) is 38.7. The average Bonchev–Trinajstić information content (AvgIpc) is 3.49. The van der Waals surface area contributed by atoms with Crippen molar-refractivity contribution in [1.29, 1.82) is 0 Å². The van der Waals surface area contributed by atoms with Crippen LogP contribution in [0.25, 0.3) is 37.9 Å². The van der Waals surface area contributed by atoms with Crippen molar-refractivity contribution in [2.75, 3.05) is 4.90 Å². The molecule has 2 heteroatoms. The van der Waals surface area contributed by atoms with Gasteiger partial charge in [-0.25, -0.2) is 0 Å². The SMILES string of the molecule is C=C/C(=C\C1=C\OC2=C(C3C=CC=CC3C1=C)C(C)(C)C1C(c3cc4ccccc4c4ccccc34)=CC=CC21)N(c1ccccc1)c1cccc2ccccc12. The quantitative estimate of drug-likeness (QED) is 0.125. The first-order valence-corrected chi connectivity index (χ1v) is 20.1. The zero-order valence-corrected chi connectivity index (χ0v) is 32.5. The molecule has 0 saturated heterocycles. The van der Waals surface area contributed by atoms with Crippen molar-refractivity contribution in [2.24, 2.45) is 29.1 Å². The van der Waals surface area contributed by atoms with E-state index in [4.69, 9.17) is 11.3 Å². The van der Waals surface area contributed by atoms with Gasteiger partial charge >= 0.3 is 0 Å². The van der Waals surface area contributed by atoms with Gasteiger partial charge in [0, 0.05) is 46.0 Å². The number of allylic oxidation sites excluding steroid dienone is 13. The van der Waals surface area contributed by atoms with Crippen molar-refractivity contribution in [2.45, 2.75) is 13.8 Å². The average molecular weight is 736 g/mol. The third kappa shape index (κ3) is 5.62. The van der Waals surface area contributed by atoms with E-state index in [1.54, 1.807) is 0 Å². The molecule has 0 N–H and O–H groups in total. The summed E-state index contributed by atoms with van der Waals surface area (Å²) in [4.78, 5) is 2.30. The summed E-state index contributed by atoms with van der Waals surface area (Å²) in [6.07, 6.45) is 22.2. The van der Waals surface area contributed by atoms with Crippen LogP contribution in [0.15, 0.2) is 230 Å². The van der Waals surface area contributed by atoms with Gasteiger partial charge in [0.15, 0.2) is 0 Å². The highest BCUT2D eigenvalue weighted by Gasteiger charge is 2.54. The number of hydrogen-bond acceptors (Lipinski definition) is 2. The van der Waals surface area contributed by atoms with Gasteiger partial charge in [-0.3, -0.25) is 0 Å². The molecule has 1 heterocycles. The van der Waals surface area contributed by atoms with Crippen molar-refractivity contribution in [3.8, 4) is 0 Å². The predicted octanol–water partition coefficient (Wildman–Crippen LogP) is 14.4. The molecular weight excluding hydrogens is 691 g/mol. The molecule has 2 nitrogen and oxygen atoms in total. The van der Waals surface area contributed by atoms with Crippen molar-refractivity contribution in [3.63, 3.8) is 0 Å². The lowest BCUT2D eigenvalue weighted by molar-refractivity contribution is 0.278. The van der Waals surface area contributed by atoms with E-state index in [2.05, 4.69) is 201 Å². The van der Waals surface area contributed by atoms with Gasteiger partial charge in [-0.2, -0.15) is 0 Å². The number of anilines is 2. The highest BCUT2D eigenvalue weighted by atomic mass is 16.5. The lowest BCUT2D eigenvalue weighted by atomic mass is 9.63. The summed E-state index contributed by atoms with van der Waals surface area (Å²) < 4.78 is 7.12. The van der Waals surface area contributed by atoms with Crippen LogP contribution in [0.2, 0.25) is 0 Å². The van der Waals surface area contributed by atoms with E-state index in [1.165, 1.54) is 49.0 Å². The Morgan fingerprint density at radius 2 is 1.32 bits per heavy atom. The van der Waals surface area contributed by atoms with Crippen LogP contribution in [0.4, 0.5) is 11.4 Å². The summed E-state index contributed by atoms with van der Waals surface area (Å²) in [7, 11) is 0. The number of hydrogen-bond donors (Lipinski definition) is 0. The molecular formula is C55H45NO. The van der Waals surface area contributed by atoms with Crippen molar-refractivity contribution in [1.82, 2.24) is 0 Å².